The van der Waals surface area contributed by atoms with E-state index >= 15 is 0 Å². The molecule has 1 aromatic carbocycles. The molecule has 0 aliphatic carbocycles. The summed E-state index contributed by atoms with van der Waals surface area (Å²) in [6, 6.07) is 5.58. The summed E-state index contributed by atoms with van der Waals surface area (Å²) < 4.78 is 5.75. The van der Waals surface area contributed by atoms with Gasteiger partial charge in [-0.15, -0.1) is 11.3 Å². The zero-order chi connectivity index (χ0) is 17.0. The minimum Gasteiger partial charge on any atom is -0.491 e. The van der Waals surface area contributed by atoms with Gasteiger partial charge in [-0.3, -0.25) is 4.79 Å². The van der Waals surface area contributed by atoms with Crippen molar-refractivity contribution in [3.63, 3.8) is 0 Å². The van der Waals surface area contributed by atoms with Crippen LogP contribution in [0.5, 0.6) is 5.75 Å². The maximum Gasteiger partial charge on any atom is 0.236 e. The highest BCUT2D eigenvalue weighted by Crippen LogP contribution is 2.32. The Morgan fingerprint density at radius 1 is 1.43 bits per heavy atom. The van der Waals surface area contributed by atoms with E-state index in [-0.39, 0.29) is 16.7 Å². The van der Waals surface area contributed by atoms with E-state index < -0.39 is 0 Å². The van der Waals surface area contributed by atoms with Gasteiger partial charge in [0, 0.05) is 10.9 Å². The molecule has 7 heteroatoms. The molecule has 0 saturated carbocycles. The van der Waals surface area contributed by atoms with E-state index in [1.807, 2.05) is 23.6 Å². The van der Waals surface area contributed by atoms with Crippen LogP contribution in [0.3, 0.4) is 0 Å². The molecule has 1 aromatic heterocycles. The summed E-state index contributed by atoms with van der Waals surface area (Å²) in [4.78, 5) is 15.7. The number of hydrogen-bond acceptors (Lipinski definition) is 4. The maximum atomic E-state index is 11.3. The van der Waals surface area contributed by atoms with Gasteiger partial charge in [-0.25, -0.2) is 4.98 Å². The van der Waals surface area contributed by atoms with Crippen molar-refractivity contribution >= 4 is 49.9 Å². The molecule has 0 fully saturated rings. The Morgan fingerprint density at radius 2 is 2.17 bits per heavy atom. The molecule has 2 rings (SSSR count). The summed E-state index contributed by atoms with van der Waals surface area (Å²) in [6.07, 6.45) is 0. The highest BCUT2D eigenvalue weighted by molar-refractivity contribution is 9.09. The lowest BCUT2D eigenvalue weighted by molar-refractivity contribution is -0.113. The number of rotatable bonds is 5. The Balaban J connectivity index is 2.12. The third-order valence-corrected chi connectivity index (χ3v) is 4.32. The number of carbonyl (C=O) groups is 1. The molecule has 124 valence electrons. The quantitative estimate of drug-likeness (QED) is 0.678. The topological polar surface area (TPSA) is 51.2 Å². The number of thiazole rings is 1. The van der Waals surface area contributed by atoms with Gasteiger partial charge >= 0.3 is 0 Å². The van der Waals surface area contributed by atoms with E-state index in [0.717, 1.165) is 11.3 Å². The van der Waals surface area contributed by atoms with Gasteiger partial charge in [0.1, 0.15) is 5.75 Å². The molecule has 1 N–H and O–H groups in total. The molecule has 0 bridgehead atoms. The van der Waals surface area contributed by atoms with Crippen LogP contribution in [0.1, 0.15) is 20.8 Å². The number of nitrogens with one attached hydrogen (secondary N) is 1. The summed E-state index contributed by atoms with van der Waals surface area (Å²) in [5.74, 6) is 0.531. The van der Waals surface area contributed by atoms with Crippen molar-refractivity contribution in [1.29, 1.82) is 0 Å². The predicted octanol–water partition coefficient (Wildman–Crippen LogP) is 5.22. The number of alkyl halides is 1. The van der Waals surface area contributed by atoms with Crippen LogP contribution in [0.4, 0.5) is 5.13 Å². The third-order valence-electron chi connectivity index (χ3n) is 2.76. The molecule has 0 aliphatic rings. The van der Waals surface area contributed by atoms with E-state index in [9.17, 15) is 4.79 Å². The number of ether oxygens (including phenoxy) is 1. The van der Waals surface area contributed by atoms with Crippen LogP contribution in [-0.4, -0.2) is 22.8 Å². The van der Waals surface area contributed by atoms with Gasteiger partial charge in [-0.05, 0) is 23.6 Å². The van der Waals surface area contributed by atoms with Crippen LogP contribution in [0, 0.1) is 5.41 Å². The zero-order valence-corrected chi connectivity index (χ0v) is 16.3. The van der Waals surface area contributed by atoms with Crippen LogP contribution in [0.2, 0.25) is 5.02 Å². The first-order valence-electron chi connectivity index (χ1n) is 7.02. The van der Waals surface area contributed by atoms with Gasteiger partial charge in [0.25, 0.3) is 0 Å². The van der Waals surface area contributed by atoms with Crippen LogP contribution in [-0.2, 0) is 4.79 Å². The lowest BCUT2D eigenvalue weighted by atomic mass is 9.99. The molecule has 0 aliphatic heterocycles. The monoisotopic (exact) mass is 416 g/mol. The number of hydrogen-bond donors (Lipinski definition) is 1. The second kappa shape index (κ2) is 7.64. The van der Waals surface area contributed by atoms with Gasteiger partial charge in [0.05, 0.1) is 22.7 Å². The molecule has 1 heterocycles. The predicted molar refractivity (Wildman–Crippen MR) is 99.9 cm³/mol. The van der Waals surface area contributed by atoms with Gasteiger partial charge in [-0.2, -0.15) is 0 Å². The van der Waals surface area contributed by atoms with Gasteiger partial charge in [0.2, 0.25) is 5.91 Å². The molecule has 0 saturated heterocycles. The van der Waals surface area contributed by atoms with Crippen LogP contribution < -0.4 is 10.1 Å². The molecule has 0 radical (unpaired) electrons. The minimum atomic E-state index is -0.130. The van der Waals surface area contributed by atoms with E-state index in [0.29, 0.717) is 22.5 Å². The number of amides is 1. The Hall–Kier alpha value is -1.11. The van der Waals surface area contributed by atoms with Crippen LogP contribution in [0.25, 0.3) is 11.3 Å². The highest BCUT2D eigenvalue weighted by Gasteiger charge is 2.14. The Morgan fingerprint density at radius 3 is 2.78 bits per heavy atom. The first kappa shape index (κ1) is 18.2. The first-order valence-corrected chi connectivity index (χ1v) is 9.40. The van der Waals surface area contributed by atoms with E-state index in [1.165, 1.54) is 11.3 Å². The molecule has 0 spiro atoms. The molecule has 0 atom stereocenters. The fourth-order valence-electron chi connectivity index (χ4n) is 1.69. The summed E-state index contributed by atoms with van der Waals surface area (Å²) >= 11 is 10.8. The fourth-order valence-corrected chi connectivity index (χ4v) is 2.80. The lowest BCUT2D eigenvalue weighted by Gasteiger charge is -2.19. The van der Waals surface area contributed by atoms with Gasteiger partial charge in [0.15, 0.2) is 5.13 Å². The Bertz CT molecular complexity index is 698. The van der Waals surface area contributed by atoms with Gasteiger partial charge in [-0.1, -0.05) is 48.3 Å². The highest BCUT2D eigenvalue weighted by atomic mass is 79.9. The normalized spacial score (nSPS) is 11.3. The fraction of sp³-hybridized carbons (Fsp3) is 0.375. The Labute approximate surface area is 153 Å². The van der Waals surface area contributed by atoms with Crippen molar-refractivity contribution in [3.05, 3.63) is 28.6 Å². The molecule has 2 aromatic rings. The summed E-state index contributed by atoms with van der Waals surface area (Å²) in [7, 11) is 0. The molecular formula is C16H18BrClN2O2S. The smallest absolute Gasteiger partial charge is 0.236 e. The average Bonchev–Trinajstić information content (AvgIpc) is 2.93. The standard InChI is InChI=1S/C16H18BrClN2O2S/c1-16(2,3)9-22-13-5-4-10(6-11(13)18)12-8-23-15(19-12)20-14(21)7-17/h4-6,8H,7,9H2,1-3H3,(H,19,20,21). The van der Waals surface area contributed by atoms with Crippen molar-refractivity contribution in [1.82, 2.24) is 4.98 Å². The van der Waals surface area contributed by atoms with Crippen molar-refractivity contribution in [2.75, 3.05) is 17.3 Å². The molecular weight excluding hydrogens is 400 g/mol. The number of halogens is 2. The summed E-state index contributed by atoms with van der Waals surface area (Å²) in [6.45, 7) is 6.90. The summed E-state index contributed by atoms with van der Waals surface area (Å²) in [5, 5.41) is 5.94. The lowest BCUT2D eigenvalue weighted by Crippen LogP contribution is -2.16. The van der Waals surface area contributed by atoms with Gasteiger partial charge < -0.3 is 10.1 Å². The molecule has 1 amide bonds. The number of benzene rings is 1. The van der Waals surface area contributed by atoms with E-state index in [4.69, 9.17) is 16.3 Å². The van der Waals surface area contributed by atoms with Crippen LogP contribution >= 0.6 is 38.9 Å². The number of aromatic nitrogens is 1. The van der Waals surface area contributed by atoms with Crippen molar-refractivity contribution in [3.8, 4) is 17.0 Å². The summed E-state index contributed by atoms with van der Waals surface area (Å²) in [5.41, 5.74) is 1.72. The molecule has 23 heavy (non-hydrogen) atoms. The number of nitrogens with zero attached hydrogens (tertiary/aromatic N) is 1. The van der Waals surface area contributed by atoms with Crippen molar-refractivity contribution in [2.45, 2.75) is 20.8 Å². The molecule has 0 unspecified atom stereocenters. The second-order valence-corrected chi connectivity index (χ2v) is 8.04. The zero-order valence-electron chi connectivity index (χ0n) is 13.2. The Kier molecular flexibility index (Phi) is 6.06. The van der Waals surface area contributed by atoms with Crippen LogP contribution in [0.15, 0.2) is 23.6 Å². The van der Waals surface area contributed by atoms with Crippen molar-refractivity contribution in [2.24, 2.45) is 5.41 Å². The molecule has 4 nitrogen and oxygen atoms in total. The maximum absolute atomic E-state index is 11.3. The van der Waals surface area contributed by atoms with Crippen molar-refractivity contribution < 1.29 is 9.53 Å². The SMILES string of the molecule is CC(C)(C)COc1ccc(-c2csc(NC(=O)CBr)n2)cc1Cl. The largest absolute Gasteiger partial charge is 0.491 e. The number of anilines is 1. The second-order valence-electron chi connectivity index (χ2n) is 6.21. The number of carbonyl (C=O) groups excluding carboxylic acids is 1. The minimum absolute atomic E-state index is 0.0689. The van der Waals surface area contributed by atoms with E-state index in [2.05, 4.69) is 47.0 Å². The first-order chi connectivity index (χ1) is 10.8. The van der Waals surface area contributed by atoms with E-state index in [1.54, 1.807) is 0 Å². The third kappa shape index (κ3) is 5.48. The average molecular weight is 418 g/mol.